The second kappa shape index (κ2) is 8.28. The minimum absolute atomic E-state index is 0.0666. The number of hydrogen-bond donors (Lipinski definition) is 1. The molecule has 32 heavy (non-hydrogen) atoms. The Morgan fingerprint density at radius 3 is 2.62 bits per heavy atom. The average Bonchev–Trinajstić information content (AvgIpc) is 3.05. The van der Waals surface area contributed by atoms with Crippen LogP contribution in [0.1, 0.15) is 44.2 Å². The van der Waals surface area contributed by atoms with E-state index in [0.29, 0.717) is 12.2 Å². The maximum Gasteiger partial charge on any atom is 0.325 e. The van der Waals surface area contributed by atoms with Gasteiger partial charge in [-0.05, 0) is 36.5 Å². The molecule has 2 aromatic rings. The molecule has 3 aliphatic rings. The molecule has 3 atom stereocenters. The van der Waals surface area contributed by atoms with Gasteiger partial charge in [0.1, 0.15) is 12.1 Å². The van der Waals surface area contributed by atoms with Crippen molar-refractivity contribution in [1.29, 1.82) is 0 Å². The number of para-hydroxylation sites is 1. The summed E-state index contributed by atoms with van der Waals surface area (Å²) in [6.45, 7) is 1.77. The van der Waals surface area contributed by atoms with Crippen molar-refractivity contribution in [3.05, 3.63) is 60.2 Å². The van der Waals surface area contributed by atoms with E-state index in [0.717, 1.165) is 40.3 Å². The van der Waals surface area contributed by atoms with E-state index in [1.807, 2.05) is 61.5 Å². The van der Waals surface area contributed by atoms with Crippen molar-refractivity contribution in [2.24, 2.45) is 5.92 Å². The second-order valence-electron chi connectivity index (χ2n) is 8.91. The van der Waals surface area contributed by atoms with Crippen molar-refractivity contribution >= 4 is 35.3 Å². The van der Waals surface area contributed by atoms with Crippen molar-refractivity contribution in [2.75, 3.05) is 17.2 Å². The molecule has 4 amide bonds. The van der Waals surface area contributed by atoms with Crippen molar-refractivity contribution in [3.63, 3.8) is 0 Å². The van der Waals surface area contributed by atoms with Gasteiger partial charge in [0.15, 0.2) is 0 Å². The van der Waals surface area contributed by atoms with E-state index in [1.54, 1.807) is 16.7 Å². The number of thioether (sulfide) groups is 1. The molecule has 7 heteroatoms. The Labute approximate surface area is 192 Å². The van der Waals surface area contributed by atoms with Gasteiger partial charge in [0, 0.05) is 10.6 Å². The van der Waals surface area contributed by atoms with Crippen molar-refractivity contribution in [3.8, 4) is 0 Å². The van der Waals surface area contributed by atoms with Crippen LogP contribution in [0.5, 0.6) is 0 Å². The lowest BCUT2D eigenvalue weighted by Crippen LogP contribution is -2.54. The van der Waals surface area contributed by atoms with Gasteiger partial charge in [0.05, 0.1) is 11.7 Å². The first kappa shape index (κ1) is 21.1. The van der Waals surface area contributed by atoms with Crippen LogP contribution in [0.2, 0.25) is 0 Å². The largest absolute Gasteiger partial charge is 0.325 e. The highest BCUT2D eigenvalue weighted by Crippen LogP contribution is 2.43. The van der Waals surface area contributed by atoms with Crippen LogP contribution in [0.4, 0.5) is 10.5 Å². The van der Waals surface area contributed by atoms with Gasteiger partial charge in [0.25, 0.3) is 5.91 Å². The zero-order valence-electron chi connectivity index (χ0n) is 18.1. The number of hydrogen-bond acceptors (Lipinski definition) is 4. The molecule has 1 spiro atoms. The minimum atomic E-state index is -0.857. The summed E-state index contributed by atoms with van der Waals surface area (Å²) in [4.78, 5) is 43.9. The number of anilines is 1. The maximum absolute atomic E-state index is 13.7. The molecule has 1 N–H and O–H groups in total. The van der Waals surface area contributed by atoms with Crippen LogP contribution < -0.4 is 10.2 Å². The van der Waals surface area contributed by atoms with E-state index in [9.17, 15) is 14.4 Å². The first-order valence-corrected chi connectivity index (χ1v) is 12.2. The minimum Gasteiger partial charge on any atom is -0.323 e. The fraction of sp³-hybridized carbons (Fsp3) is 0.400. The van der Waals surface area contributed by atoms with Crippen LogP contribution in [-0.4, -0.2) is 40.6 Å². The van der Waals surface area contributed by atoms with Gasteiger partial charge in [-0.15, -0.1) is 11.8 Å². The Balaban J connectivity index is 1.45. The van der Waals surface area contributed by atoms with Crippen LogP contribution >= 0.6 is 11.8 Å². The van der Waals surface area contributed by atoms with Gasteiger partial charge in [-0.25, -0.2) is 4.79 Å². The van der Waals surface area contributed by atoms with Crippen LogP contribution in [0.15, 0.2) is 59.5 Å². The summed E-state index contributed by atoms with van der Waals surface area (Å²) in [5.41, 5.74) is 1.01. The highest BCUT2D eigenvalue weighted by atomic mass is 32.2. The smallest absolute Gasteiger partial charge is 0.323 e. The Morgan fingerprint density at radius 1 is 1.09 bits per heavy atom. The van der Waals surface area contributed by atoms with Gasteiger partial charge in [-0.1, -0.05) is 62.2 Å². The number of nitrogens with one attached hydrogen (secondary N) is 1. The van der Waals surface area contributed by atoms with E-state index in [2.05, 4.69) is 5.32 Å². The molecule has 1 saturated carbocycles. The number of carbonyl (C=O) groups is 3. The lowest BCUT2D eigenvalue weighted by molar-refractivity contribution is -0.136. The molecule has 2 heterocycles. The van der Waals surface area contributed by atoms with E-state index in [4.69, 9.17) is 0 Å². The van der Waals surface area contributed by atoms with E-state index < -0.39 is 11.6 Å². The van der Waals surface area contributed by atoms with E-state index in [1.165, 1.54) is 0 Å². The number of urea groups is 1. The molecule has 5 rings (SSSR count). The molecule has 2 aromatic carbocycles. The fourth-order valence-electron chi connectivity index (χ4n) is 5.27. The normalized spacial score (nSPS) is 27.4. The third-order valence-electron chi connectivity index (χ3n) is 7.08. The van der Waals surface area contributed by atoms with E-state index >= 15 is 0 Å². The van der Waals surface area contributed by atoms with Gasteiger partial charge in [0.2, 0.25) is 5.91 Å². The summed E-state index contributed by atoms with van der Waals surface area (Å²) in [6, 6.07) is 17.1. The van der Waals surface area contributed by atoms with Gasteiger partial charge in [-0.2, -0.15) is 0 Å². The summed E-state index contributed by atoms with van der Waals surface area (Å²) < 4.78 is 0. The molecular weight excluding hydrogens is 422 g/mol. The zero-order chi connectivity index (χ0) is 22.3. The number of fused-ring (bicyclic) bond motifs is 1. The molecule has 2 fully saturated rings. The van der Waals surface area contributed by atoms with Crippen LogP contribution in [0.3, 0.4) is 0 Å². The van der Waals surface area contributed by atoms with Gasteiger partial charge >= 0.3 is 6.03 Å². The molecule has 0 radical (unpaired) electrons. The number of benzene rings is 2. The van der Waals surface area contributed by atoms with Crippen LogP contribution in [-0.2, 0) is 9.59 Å². The number of carbonyl (C=O) groups excluding carboxylic acids is 3. The van der Waals surface area contributed by atoms with Crippen molar-refractivity contribution in [1.82, 2.24) is 10.2 Å². The van der Waals surface area contributed by atoms with Crippen LogP contribution in [0.25, 0.3) is 0 Å². The lowest BCUT2D eigenvalue weighted by atomic mass is 9.73. The second-order valence-corrected chi connectivity index (χ2v) is 9.97. The highest BCUT2D eigenvalue weighted by molar-refractivity contribution is 7.99. The van der Waals surface area contributed by atoms with Crippen molar-refractivity contribution < 1.29 is 14.4 Å². The summed E-state index contributed by atoms with van der Waals surface area (Å²) in [7, 11) is 0. The predicted molar refractivity (Wildman–Crippen MR) is 124 cm³/mol. The monoisotopic (exact) mass is 449 g/mol. The van der Waals surface area contributed by atoms with Gasteiger partial charge in [-0.3, -0.25) is 14.5 Å². The highest BCUT2D eigenvalue weighted by Gasteiger charge is 2.55. The summed E-state index contributed by atoms with van der Waals surface area (Å²) in [5, 5.41) is 2.95. The first-order valence-electron chi connectivity index (χ1n) is 11.2. The van der Waals surface area contributed by atoms with Crippen molar-refractivity contribution in [2.45, 2.75) is 49.1 Å². The molecule has 6 nitrogen and oxygen atoms in total. The molecule has 0 bridgehead atoms. The topological polar surface area (TPSA) is 69.7 Å². The number of amides is 4. The fourth-order valence-corrected chi connectivity index (χ4v) is 6.44. The first-order chi connectivity index (χ1) is 15.5. The van der Waals surface area contributed by atoms with E-state index in [-0.39, 0.29) is 30.3 Å². The Kier molecular flexibility index (Phi) is 5.45. The predicted octanol–water partition coefficient (Wildman–Crippen LogP) is 4.37. The molecule has 166 valence electrons. The quantitative estimate of drug-likeness (QED) is 0.707. The summed E-state index contributed by atoms with van der Waals surface area (Å²) in [5.74, 6) is 0.292. The average molecular weight is 450 g/mol. The number of imide groups is 1. The standard InChI is InChI=1S/C25H27N3O3S/c1-17-9-7-8-14-25(17)23(30)27(24(31)26-25)15-22(29)28-19-12-5-6-13-21(19)32-16-20(28)18-10-3-2-4-11-18/h2-6,10-13,17,20H,7-9,14-16H2,1H3,(H,26,31)/t17-,20+,25+/m1/s1. The number of nitrogens with zero attached hydrogens (tertiary/aromatic N) is 2. The number of rotatable bonds is 3. The summed E-state index contributed by atoms with van der Waals surface area (Å²) in [6.07, 6.45) is 3.51. The molecule has 2 aliphatic heterocycles. The Hall–Kier alpha value is -2.80. The molecule has 1 saturated heterocycles. The molecular formula is C25H27N3O3S. The zero-order valence-corrected chi connectivity index (χ0v) is 18.9. The maximum atomic E-state index is 13.7. The third kappa shape index (κ3) is 3.39. The SMILES string of the molecule is C[C@@H]1CCCC[C@]12NC(=O)N(CC(=O)N1c3ccccc3SC[C@H]1c1ccccc1)C2=O. The third-order valence-corrected chi connectivity index (χ3v) is 8.22. The Morgan fingerprint density at radius 2 is 1.84 bits per heavy atom. The Bertz CT molecular complexity index is 1060. The molecule has 1 aliphatic carbocycles. The molecule has 0 unspecified atom stereocenters. The van der Waals surface area contributed by atoms with Gasteiger partial charge < -0.3 is 10.2 Å². The van der Waals surface area contributed by atoms with Crippen LogP contribution in [0, 0.1) is 5.92 Å². The summed E-state index contributed by atoms with van der Waals surface area (Å²) >= 11 is 1.72. The molecule has 0 aromatic heterocycles. The lowest BCUT2D eigenvalue weighted by Gasteiger charge is -2.38.